The number of carbonyl (C=O) groups excluding carboxylic acids is 1. The fraction of sp³-hybridized carbons (Fsp3) is 0.562. The van der Waals surface area contributed by atoms with E-state index in [2.05, 4.69) is 15.5 Å². The van der Waals surface area contributed by atoms with E-state index in [0.29, 0.717) is 17.6 Å². The molecule has 2 rings (SSSR count). The molecule has 1 unspecified atom stereocenters. The molecule has 0 radical (unpaired) electrons. The first-order chi connectivity index (χ1) is 9.97. The van der Waals surface area contributed by atoms with Crippen molar-refractivity contribution in [1.82, 2.24) is 10.2 Å². The minimum atomic E-state index is -0.0167. The molecule has 1 aliphatic heterocycles. The van der Waals surface area contributed by atoms with Crippen LogP contribution in [0.5, 0.6) is 0 Å². The summed E-state index contributed by atoms with van der Waals surface area (Å²) >= 11 is 6.23. The third-order valence-electron chi connectivity index (χ3n) is 3.98. The predicted molar refractivity (Wildman–Crippen MR) is 88.1 cm³/mol. The maximum absolute atomic E-state index is 12.2. The Morgan fingerprint density at radius 2 is 2.24 bits per heavy atom. The molecule has 1 amide bonds. The van der Waals surface area contributed by atoms with Crippen molar-refractivity contribution in [3.05, 3.63) is 28.3 Å². The van der Waals surface area contributed by atoms with Crippen LogP contribution in [0.25, 0.3) is 0 Å². The molecule has 2 N–H and O–H groups in total. The fourth-order valence-corrected chi connectivity index (χ4v) is 3.19. The van der Waals surface area contributed by atoms with Gasteiger partial charge < -0.3 is 10.6 Å². The summed E-state index contributed by atoms with van der Waals surface area (Å²) in [5, 5.41) is 6.91. The molecule has 0 aromatic heterocycles. The van der Waals surface area contributed by atoms with E-state index in [4.69, 9.17) is 11.6 Å². The Bertz CT molecular complexity index is 489. The highest BCUT2D eigenvalue weighted by atomic mass is 35.5. The molecular weight excluding hydrogens is 286 g/mol. The quantitative estimate of drug-likeness (QED) is 0.898. The molecule has 21 heavy (non-hydrogen) atoms. The van der Waals surface area contributed by atoms with Gasteiger partial charge in [0.1, 0.15) is 0 Å². The van der Waals surface area contributed by atoms with Crippen molar-refractivity contribution in [2.45, 2.75) is 32.7 Å². The molecule has 4 nitrogen and oxygen atoms in total. The van der Waals surface area contributed by atoms with Gasteiger partial charge in [-0.3, -0.25) is 9.69 Å². The minimum Gasteiger partial charge on any atom is -0.323 e. The number of anilines is 1. The van der Waals surface area contributed by atoms with Crippen LogP contribution in [0.3, 0.4) is 0 Å². The van der Waals surface area contributed by atoms with Gasteiger partial charge in [0.15, 0.2) is 0 Å². The Balaban J connectivity index is 1.95. The van der Waals surface area contributed by atoms with Crippen LogP contribution < -0.4 is 10.6 Å². The highest BCUT2D eigenvalue weighted by Crippen LogP contribution is 2.27. The third kappa shape index (κ3) is 4.43. The van der Waals surface area contributed by atoms with Gasteiger partial charge in [0.05, 0.1) is 17.3 Å². The molecule has 1 fully saturated rings. The lowest BCUT2D eigenvalue weighted by Gasteiger charge is -2.31. The summed E-state index contributed by atoms with van der Waals surface area (Å²) in [7, 11) is 2.00. The van der Waals surface area contributed by atoms with Crippen molar-refractivity contribution in [2.24, 2.45) is 0 Å². The van der Waals surface area contributed by atoms with Gasteiger partial charge in [-0.2, -0.15) is 0 Å². The molecule has 1 aliphatic rings. The summed E-state index contributed by atoms with van der Waals surface area (Å²) < 4.78 is 0. The zero-order chi connectivity index (χ0) is 15.4. The maximum Gasteiger partial charge on any atom is 0.238 e. The van der Waals surface area contributed by atoms with Crippen LogP contribution in [-0.4, -0.2) is 43.5 Å². The molecule has 1 atom stereocenters. The number of benzene rings is 1. The average Bonchev–Trinajstić information content (AvgIpc) is 2.43. The van der Waals surface area contributed by atoms with Crippen LogP contribution in [0.1, 0.15) is 24.0 Å². The van der Waals surface area contributed by atoms with Gasteiger partial charge in [-0.05, 0) is 57.5 Å². The number of hydrogen-bond donors (Lipinski definition) is 2. The van der Waals surface area contributed by atoms with Crippen LogP contribution in [0, 0.1) is 13.8 Å². The zero-order valence-corrected chi connectivity index (χ0v) is 13.8. The van der Waals surface area contributed by atoms with Crippen molar-refractivity contribution in [3.63, 3.8) is 0 Å². The molecule has 0 spiro atoms. The number of nitrogens with one attached hydrogen (secondary N) is 2. The number of carbonyl (C=O) groups is 1. The van der Waals surface area contributed by atoms with Gasteiger partial charge >= 0.3 is 0 Å². The molecule has 1 aromatic rings. The first-order valence-electron chi connectivity index (χ1n) is 7.45. The van der Waals surface area contributed by atoms with Crippen LogP contribution in [-0.2, 0) is 4.79 Å². The number of hydrogen-bond acceptors (Lipinski definition) is 3. The Kier molecular flexibility index (Phi) is 5.62. The Hall–Kier alpha value is -1.10. The van der Waals surface area contributed by atoms with E-state index in [-0.39, 0.29) is 5.91 Å². The van der Waals surface area contributed by atoms with Gasteiger partial charge in [-0.1, -0.05) is 17.7 Å². The number of nitrogens with zero attached hydrogens (tertiary/aromatic N) is 1. The molecule has 1 aromatic carbocycles. The van der Waals surface area contributed by atoms with E-state index in [9.17, 15) is 4.79 Å². The topological polar surface area (TPSA) is 44.4 Å². The summed E-state index contributed by atoms with van der Waals surface area (Å²) in [4.78, 5) is 14.3. The number of halogens is 1. The zero-order valence-electron chi connectivity index (χ0n) is 13.0. The number of likely N-dealkylation sites (N-methyl/N-ethyl adjacent to an activating group) is 1. The average molecular weight is 310 g/mol. The lowest BCUT2D eigenvalue weighted by atomic mass is 10.1. The smallest absolute Gasteiger partial charge is 0.238 e. The second-order valence-electron chi connectivity index (χ2n) is 5.90. The van der Waals surface area contributed by atoms with Crippen LogP contribution in [0.4, 0.5) is 5.69 Å². The Labute approximate surface area is 131 Å². The van der Waals surface area contributed by atoms with E-state index in [1.807, 2.05) is 33.0 Å². The number of aryl methyl sites for hydroxylation is 2. The summed E-state index contributed by atoms with van der Waals surface area (Å²) in [6.45, 7) is 6.37. The summed E-state index contributed by atoms with van der Waals surface area (Å²) in [5.74, 6) is -0.0167. The lowest BCUT2D eigenvalue weighted by Crippen LogP contribution is -2.46. The molecular formula is C16H24ClN3O. The van der Waals surface area contributed by atoms with Crippen molar-refractivity contribution >= 4 is 23.2 Å². The second kappa shape index (κ2) is 7.25. The van der Waals surface area contributed by atoms with Crippen LogP contribution in [0.15, 0.2) is 12.1 Å². The molecule has 116 valence electrons. The molecule has 1 heterocycles. The Morgan fingerprint density at radius 1 is 1.48 bits per heavy atom. The molecule has 0 aliphatic carbocycles. The number of piperidine rings is 1. The van der Waals surface area contributed by atoms with Gasteiger partial charge in [-0.15, -0.1) is 0 Å². The van der Waals surface area contributed by atoms with E-state index in [1.54, 1.807) is 0 Å². The van der Waals surface area contributed by atoms with Gasteiger partial charge in [0.2, 0.25) is 5.91 Å². The summed E-state index contributed by atoms with van der Waals surface area (Å²) in [6, 6.07) is 4.33. The van der Waals surface area contributed by atoms with E-state index < -0.39 is 0 Å². The van der Waals surface area contributed by atoms with Gasteiger partial charge in [0, 0.05) is 12.6 Å². The van der Waals surface area contributed by atoms with E-state index in [0.717, 1.165) is 36.3 Å². The first kappa shape index (κ1) is 16.3. The first-order valence-corrected chi connectivity index (χ1v) is 7.82. The van der Waals surface area contributed by atoms with Crippen molar-refractivity contribution in [2.75, 3.05) is 32.0 Å². The summed E-state index contributed by atoms with van der Waals surface area (Å²) in [5.41, 5.74) is 2.82. The minimum absolute atomic E-state index is 0.0167. The maximum atomic E-state index is 12.2. The molecule has 0 bridgehead atoms. The van der Waals surface area contributed by atoms with Gasteiger partial charge in [0.25, 0.3) is 0 Å². The van der Waals surface area contributed by atoms with E-state index in [1.165, 1.54) is 6.42 Å². The molecule has 5 heteroatoms. The SMILES string of the molecule is Cc1cc(C)c(NC(=O)CN(C)C2CCCNC2)c(Cl)c1. The predicted octanol–water partition coefficient (Wildman–Crippen LogP) is 2.58. The molecule has 0 saturated carbocycles. The van der Waals surface area contributed by atoms with E-state index >= 15 is 0 Å². The largest absolute Gasteiger partial charge is 0.323 e. The fourth-order valence-electron chi connectivity index (χ4n) is 2.82. The molecule has 1 saturated heterocycles. The third-order valence-corrected chi connectivity index (χ3v) is 4.28. The highest BCUT2D eigenvalue weighted by Gasteiger charge is 2.20. The van der Waals surface area contributed by atoms with Crippen molar-refractivity contribution < 1.29 is 4.79 Å². The van der Waals surface area contributed by atoms with Crippen LogP contribution in [0.2, 0.25) is 5.02 Å². The second-order valence-corrected chi connectivity index (χ2v) is 6.31. The van der Waals surface area contributed by atoms with Gasteiger partial charge in [-0.25, -0.2) is 0 Å². The van der Waals surface area contributed by atoms with Crippen LogP contribution >= 0.6 is 11.6 Å². The Morgan fingerprint density at radius 3 is 2.86 bits per heavy atom. The van der Waals surface area contributed by atoms with Crippen molar-refractivity contribution in [3.8, 4) is 0 Å². The summed E-state index contributed by atoms with van der Waals surface area (Å²) in [6.07, 6.45) is 2.31. The highest BCUT2D eigenvalue weighted by molar-refractivity contribution is 6.34. The lowest BCUT2D eigenvalue weighted by molar-refractivity contribution is -0.117. The normalized spacial score (nSPS) is 18.8. The van der Waals surface area contributed by atoms with Crippen molar-refractivity contribution in [1.29, 1.82) is 0 Å². The monoisotopic (exact) mass is 309 g/mol. The standard InChI is InChI=1S/C16H24ClN3O/c1-11-7-12(2)16(14(17)8-11)19-15(21)10-20(3)13-5-4-6-18-9-13/h7-8,13,18H,4-6,9-10H2,1-3H3,(H,19,21). The number of amides is 1. The number of rotatable bonds is 4.